The van der Waals surface area contributed by atoms with E-state index in [-0.39, 0.29) is 6.61 Å². The largest absolute Gasteiger partial charge is 0.396 e. The number of aliphatic hydroxyl groups is 1. The number of fused-ring (bicyclic) bond motifs is 1. The van der Waals surface area contributed by atoms with Crippen LogP contribution in [-0.4, -0.2) is 53.2 Å². The molecule has 1 atom stereocenters. The molecule has 0 amide bonds. The maximum absolute atomic E-state index is 8.98. The molecule has 136 valence electrons. The summed E-state index contributed by atoms with van der Waals surface area (Å²) in [4.78, 5) is 10.9. The van der Waals surface area contributed by atoms with Crippen LogP contribution in [0.2, 0.25) is 0 Å². The summed E-state index contributed by atoms with van der Waals surface area (Å²) in [5.41, 5.74) is 1.36. The number of hydrogen-bond acceptors (Lipinski definition) is 5. The highest BCUT2D eigenvalue weighted by Gasteiger charge is 2.25. The van der Waals surface area contributed by atoms with E-state index in [2.05, 4.69) is 47.4 Å². The number of aliphatic hydroxyl groups excluding tert-OH is 1. The minimum absolute atomic E-state index is 0.281. The number of unbranched alkanes of at least 4 members (excludes halogenated alkanes) is 1. The fraction of sp³-hybridized carbons (Fsp3) is 0.444. The van der Waals surface area contributed by atoms with Gasteiger partial charge in [-0.1, -0.05) is 42.5 Å². The molecule has 1 fully saturated rings. The lowest BCUT2D eigenvalue weighted by Gasteiger charge is -2.36. The molecule has 2 N–H and O–H groups in total. The van der Waals surface area contributed by atoms with Crippen LogP contribution in [0.4, 0.5) is 0 Å². The summed E-state index contributed by atoms with van der Waals surface area (Å²) in [6, 6.07) is 15.4. The maximum Gasteiger partial charge on any atom is 0.291 e. The second-order valence-electron chi connectivity index (χ2n) is 5.86. The molecule has 7 heteroatoms. The average molecular weight is 348 g/mol. The van der Waals surface area contributed by atoms with Gasteiger partial charge >= 0.3 is 0 Å². The van der Waals surface area contributed by atoms with Crippen LogP contribution >= 0.6 is 0 Å². The number of ether oxygens (including phenoxy) is 1. The van der Waals surface area contributed by atoms with Crippen LogP contribution in [0.15, 0.2) is 42.5 Å². The molecular formula is C18H24N2O5. The lowest BCUT2D eigenvalue weighted by molar-refractivity contribution is -0.742. The molecule has 0 bridgehead atoms. The van der Waals surface area contributed by atoms with Crippen molar-refractivity contribution < 1.29 is 20.1 Å². The van der Waals surface area contributed by atoms with Crippen LogP contribution in [0, 0.1) is 10.1 Å². The van der Waals surface area contributed by atoms with E-state index < -0.39 is 5.09 Å². The Labute approximate surface area is 146 Å². The third-order valence-electron chi connectivity index (χ3n) is 4.28. The van der Waals surface area contributed by atoms with Crippen LogP contribution in [0.25, 0.3) is 10.8 Å². The number of morpholine rings is 1. The second-order valence-corrected chi connectivity index (χ2v) is 5.86. The summed E-state index contributed by atoms with van der Waals surface area (Å²) in [7, 11) is 0. The molecule has 0 radical (unpaired) electrons. The second kappa shape index (κ2) is 9.93. The van der Waals surface area contributed by atoms with Crippen molar-refractivity contribution >= 4 is 10.8 Å². The maximum atomic E-state index is 8.98. The van der Waals surface area contributed by atoms with Crippen molar-refractivity contribution in [2.45, 2.75) is 18.9 Å². The van der Waals surface area contributed by atoms with Crippen molar-refractivity contribution in [1.82, 2.24) is 4.90 Å². The first-order valence-electron chi connectivity index (χ1n) is 8.37. The molecule has 0 aromatic heterocycles. The lowest BCUT2D eigenvalue weighted by Crippen LogP contribution is -2.40. The Morgan fingerprint density at radius 1 is 1.20 bits per heavy atom. The van der Waals surface area contributed by atoms with Crippen LogP contribution in [0.1, 0.15) is 24.4 Å². The normalized spacial score (nSPS) is 17.7. The molecule has 1 saturated heterocycles. The third-order valence-corrected chi connectivity index (χ3v) is 4.28. The molecule has 1 aliphatic rings. The van der Waals surface area contributed by atoms with E-state index in [9.17, 15) is 0 Å². The average Bonchev–Trinajstić information content (AvgIpc) is 2.61. The molecule has 3 rings (SSSR count). The predicted molar refractivity (Wildman–Crippen MR) is 94.2 cm³/mol. The number of benzene rings is 2. The molecule has 7 nitrogen and oxygen atoms in total. The zero-order valence-electron chi connectivity index (χ0n) is 14.1. The first-order valence-corrected chi connectivity index (χ1v) is 8.37. The minimum atomic E-state index is -1.50. The predicted octanol–water partition coefficient (Wildman–Crippen LogP) is 2.64. The SMILES string of the molecule is O=[N+]([O-])O.OCCCCN1CCOCC1c1cccc2ccccc12. The van der Waals surface area contributed by atoms with E-state index in [0.717, 1.165) is 39.1 Å². The molecule has 1 unspecified atom stereocenters. The van der Waals surface area contributed by atoms with Gasteiger partial charge in [0, 0.05) is 13.2 Å². The van der Waals surface area contributed by atoms with Gasteiger partial charge in [-0.05, 0) is 35.7 Å². The Hall–Kier alpha value is -2.22. The summed E-state index contributed by atoms with van der Waals surface area (Å²) >= 11 is 0. The summed E-state index contributed by atoms with van der Waals surface area (Å²) < 4.78 is 5.73. The highest BCUT2D eigenvalue weighted by molar-refractivity contribution is 5.86. The fourth-order valence-electron chi connectivity index (χ4n) is 3.16. The molecule has 0 spiro atoms. The van der Waals surface area contributed by atoms with E-state index in [1.807, 2.05) is 0 Å². The third kappa shape index (κ3) is 5.67. The van der Waals surface area contributed by atoms with Crippen LogP contribution < -0.4 is 0 Å². The van der Waals surface area contributed by atoms with Gasteiger partial charge in [0.2, 0.25) is 0 Å². The Balaban J connectivity index is 0.000000511. The topological polar surface area (TPSA) is 96.1 Å². The fourth-order valence-corrected chi connectivity index (χ4v) is 3.16. The van der Waals surface area contributed by atoms with E-state index in [4.69, 9.17) is 25.2 Å². The van der Waals surface area contributed by atoms with Crippen LogP contribution in [-0.2, 0) is 4.74 Å². The zero-order chi connectivity index (χ0) is 18.1. The van der Waals surface area contributed by atoms with E-state index in [1.54, 1.807) is 0 Å². The molecular weight excluding hydrogens is 324 g/mol. The highest BCUT2D eigenvalue weighted by Crippen LogP contribution is 2.30. The summed E-state index contributed by atoms with van der Waals surface area (Å²) in [6.07, 6.45) is 1.91. The molecule has 0 saturated carbocycles. The van der Waals surface area contributed by atoms with Crippen LogP contribution in [0.3, 0.4) is 0 Å². The monoisotopic (exact) mass is 348 g/mol. The van der Waals surface area contributed by atoms with Crippen LogP contribution in [0.5, 0.6) is 0 Å². The number of rotatable bonds is 5. The zero-order valence-corrected chi connectivity index (χ0v) is 14.1. The Bertz CT molecular complexity index is 670. The van der Waals surface area contributed by atoms with Crippen molar-refractivity contribution in [3.63, 3.8) is 0 Å². The summed E-state index contributed by atoms with van der Waals surface area (Å²) in [5, 5.41) is 25.2. The van der Waals surface area contributed by atoms with Gasteiger partial charge in [-0.2, -0.15) is 0 Å². The van der Waals surface area contributed by atoms with Gasteiger partial charge in [0.05, 0.1) is 19.3 Å². The van der Waals surface area contributed by atoms with Gasteiger partial charge in [0.1, 0.15) is 0 Å². The van der Waals surface area contributed by atoms with Gasteiger partial charge in [0.25, 0.3) is 5.09 Å². The first-order chi connectivity index (χ1) is 12.1. The Kier molecular flexibility index (Phi) is 7.59. The van der Waals surface area contributed by atoms with Crippen molar-refractivity contribution in [2.75, 3.05) is 32.9 Å². The molecule has 2 aromatic rings. The van der Waals surface area contributed by atoms with E-state index in [0.29, 0.717) is 6.04 Å². The number of hydrogen-bond donors (Lipinski definition) is 2. The standard InChI is InChI=1S/C18H23NO2.HNO3/c20-12-4-3-10-19-11-13-21-14-18(19)17-9-5-7-15-6-1-2-8-16(15)17;2-1(3)4/h1-2,5-9,18,20H,3-4,10-14H2;(H,2,3,4). The van der Waals surface area contributed by atoms with Gasteiger partial charge in [0.15, 0.2) is 0 Å². The molecule has 1 heterocycles. The van der Waals surface area contributed by atoms with Crippen molar-refractivity contribution in [2.24, 2.45) is 0 Å². The van der Waals surface area contributed by atoms with Crippen molar-refractivity contribution in [3.05, 3.63) is 58.1 Å². The molecule has 25 heavy (non-hydrogen) atoms. The Morgan fingerprint density at radius 2 is 1.92 bits per heavy atom. The minimum Gasteiger partial charge on any atom is -0.396 e. The number of nitrogens with zero attached hydrogens (tertiary/aromatic N) is 2. The van der Waals surface area contributed by atoms with Crippen molar-refractivity contribution in [1.29, 1.82) is 0 Å². The highest BCUT2D eigenvalue weighted by atomic mass is 16.9. The summed E-state index contributed by atoms with van der Waals surface area (Å²) in [5.74, 6) is 0. The smallest absolute Gasteiger partial charge is 0.291 e. The van der Waals surface area contributed by atoms with Gasteiger partial charge in [-0.3, -0.25) is 4.90 Å². The molecule has 0 aliphatic carbocycles. The van der Waals surface area contributed by atoms with Gasteiger partial charge in [-0.15, -0.1) is 10.1 Å². The molecule has 1 aliphatic heterocycles. The van der Waals surface area contributed by atoms with Crippen molar-refractivity contribution in [3.8, 4) is 0 Å². The molecule has 2 aromatic carbocycles. The lowest BCUT2D eigenvalue weighted by atomic mass is 9.97. The van der Waals surface area contributed by atoms with Gasteiger partial charge < -0.3 is 15.1 Å². The summed E-state index contributed by atoms with van der Waals surface area (Å²) in [6.45, 7) is 3.84. The van der Waals surface area contributed by atoms with E-state index in [1.165, 1.54) is 16.3 Å². The quantitative estimate of drug-likeness (QED) is 0.490. The first kappa shape index (κ1) is 19.1. The van der Waals surface area contributed by atoms with Gasteiger partial charge in [-0.25, -0.2) is 0 Å². The van der Waals surface area contributed by atoms with E-state index >= 15 is 0 Å². The Morgan fingerprint density at radius 3 is 2.68 bits per heavy atom.